The molecule has 0 aromatic heterocycles. The fraction of sp³-hybridized carbons (Fsp3) is 0.889. The second kappa shape index (κ2) is 7.62. The first-order valence-corrected chi connectivity index (χ1v) is 5.11. The van der Waals surface area contributed by atoms with E-state index in [9.17, 15) is 4.79 Å². The quantitative estimate of drug-likeness (QED) is 0.476. The van der Waals surface area contributed by atoms with Gasteiger partial charge in [0.1, 0.15) is 0 Å². The summed E-state index contributed by atoms with van der Waals surface area (Å²) in [5, 5.41) is -0.189. The standard InChI is InChI=1S/C9H19NOS/c1-2-3-4-5-6-7-8(10)9(11)12/h8H,2-7,10H2,1H3,(H,11,12). The average molecular weight is 189 g/mol. The predicted octanol–water partition coefficient (Wildman–Crippen LogP) is 2.13. The Balaban J connectivity index is 3.14. The first-order valence-electron chi connectivity index (χ1n) is 4.67. The molecule has 0 aliphatic rings. The Morgan fingerprint density at radius 2 is 1.92 bits per heavy atom. The van der Waals surface area contributed by atoms with Gasteiger partial charge in [0.2, 0.25) is 5.12 Å². The number of rotatable bonds is 7. The van der Waals surface area contributed by atoms with Crippen LogP contribution in [0.3, 0.4) is 0 Å². The molecular formula is C9H19NOS. The summed E-state index contributed by atoms with van der Waals surface area (Å²) < 4.78 is 0. The van der Waals surface area contributed by atoms with Gasteiger partial charge in [-0.25, -0.2) is 0 Å². The van der Waals surface area contributed by atoms with Crippen LogP contribution in [0.5, 0.6) is 0 Å². The predicted molar refractivity (Wildman–Crippen MR) is 55.3 cm³/mol. The second-order valence-electron chi connectivity index (χ2n) is 3.15. The molecule has 72 valence electrons. The monoisotopic (exact) mass is 189 g/mol. The van der Waals surface area contributed by atoms with E-state index < -0.39 is 0 Å². The highest BCUT2D eigenvalue weighted by molar-refractivity contribution is 7.96. The van der Waals surface area contributed by atoms with Crippen LogP contribution in [-0.2, 0) is 4.79 Å². The summed E-state index contributed by atoms with van der Waals surface area (Å²) in [6.07, 6.45) is 6.80. The van der Waals surface area contributed by atoms with E-state index in [1.165, 1.54) is 25.7 Å². The van der Waals surface area contributed by atoms with Crippen molar-refractivity contribution in [3.05, 3.63) is 0 Å². The van der Waals surface area contributed by atoms with Crippen LogP contribution < -0.4 is 5.73 Å². The zero-order valence-corrected chi connectivity index (χ0v) is 8.65. The van der Waals surface area contributed by atoms with Gasteiger partial charge in [0.25, 0.3) is 0 Å². The molecule has 1 atom stereocenters. The minimum atomic E-state index is -0.352. The number of hydrogen-bond donors (Lipinski definition) is 2. The van der Waals surface area contributed by atoms with Crippen LogP contribution in [-0.4, -0.2) is 11.2 Å². The van der Waals surface area contributed by atoms with Crippen molar-refractivity contribution in [1.82, 2.24) is 0 Å². The third-order valence-corrected chi connectivity index (χ3v) is 2.27. The average Bonchev–Trinajstić information content (AvgIpc) is 2.03. The van der Waals surface area contributed by atoms with Crippen molar-refractivity contribution in [2.24, 2.45) is 5.73 Å². The fourth-order valence-electron chi connectivity index (χ4n) is 1.09. The molecule has 2 nitrogen and oxygen atoms in total. The Labute approximate surface area is 80.3 Å². The van der Waals surface area contributed by atoms with Crippen molar-refractivity contribution in [3.63, 3.8) is 0 Å². The molecule has 0 bridgehead atoms. The summed E-state index contributed by atoms with van der Waals surface area (Å²) in [6.45, 7) is 2.18. The molecule has 0 fully saturated rings. The maximum atomic E-state index is 10.6. The van der Waals surface area contributed by atoms with Gasteiger partial charge in [-0.05, 0) is 6.42 Å². The largest absolute Gasteiger partial charge is 0.321 e. The Morgan fingerprint density at radius 3 is 2.42 bits per heavy atom. The van der Waals surface area contributed by atoms with Crippen LogP contribution in [0.25, 0.3) is 0 Å². The highest BCUT2D eigenvalue weighted by Crippen LogP contribution is 2.07. The van der Waals surface area contributed by atoms with E-state index in [2.05, 4.69) is 19.6 Å². The molecule has 3 heteroatoms. The highest BCUT2D eigenvalue weighted by Gasteiger charge is 2.07. The summed E-state index contributed by atoms with van der Waals surface area (Å²) in [6, 6.07) is -0.352. The van der Waals surface area contributed by atoms with Crippen molar-refractivity contribution in [2.75, 3.05) is 0 Å². The van der Waals surface area contributed by atoms with Gasteiger partial charge in [0, 0.05) is 0 Å². The first-order chi connectivity index (χ1) is 5.68. The Hall–Kier alpha value is -0.0200. The third-order valence-electron chi connectivity index (χ3n) is 1.94. The van der Waals surface area contributed by atoms with Crippen LogP contribution in [0.4, 0.5) is 0 Å². The molecule has 1 unspecified atom stereocenters. The molecule has 0 saturated carbocycles. The van der Waals surface area contributed by atoms with Crippen molar-refractivity contribution in [3.8, 4) is 0 Å². The lowest BCUT2D eigenvalue weighted by atomic mass is 10.1. The van der Waals surface area contributed by atoms with Gasteiger partial charge in [0.15, 0.2) is 0 Å². The Bertz CT molecular complexity index is 128. The van der Waals surface area contributed by atoms with E-state index in [4.69, 9.17) is 5.73 Å². The normalized spacial score (nSPS) is 12.9. The van der Waals surface area contributed by atoms with Crippen LogP contribution >= 0.6 is 12.6 Å². The molecule has 0 aliphatic carbocycles. The van der Waals surface area contributed by atoms with Crippen LogP contribution in [0.2, 0.25) is 0 Å². The lowest BCUT2D eigenvalue weighted by molar-refractivity contribution is -0.112. The Kier molecular flexibility index (Phi) is 7.61. The van der Waals surface area contributed by atoms with Gasteiger partial charge in [-0.3, -0.25) is 4.79 Å². The Morgan fingerprint density at radius 1 is 1.33 bits per heavy atom. The number of carbonyl (C=O) groups excluding carboxylic acids is 1. The van der Waals surface area contributed by atoms with Gasteiger partial charge in [-0.2, -0.15) is 0 Å². The highest BCUT2D eigenvalue weighted by atomic mass is 32.1. The molecule has 0 aromatic carbocycles. The molecular weight excluding hydrogens is 170 g/mol. The molecule has 0 rings (SSSR count). The van der Waals surface area contributed by atoms with Gasteiger partial charge < -0.3 is 5.73 Å². The van der Waals surface area contributed by atoms with Gasteiger partial charge >= 0.3 is 0 Å². The van der Waals surface area contributed by atoms with E-state index in [1.807, 2.05) is 0 Å². The topological polar surface area (TPSA) is 43.1 Å². The molecule has 0 heterocycles. The van der Waals surface area contributed by atoms with Crippen LogP contribution in [0.15, 0.2) is 0 Å². The molecule has 0 aliphatic heterocycles. The summed E-state index contributed by atoms with van der Waals surface area (Å²) in [4.78, 5) is 10.6. The molecule has 0 radical (unpaired) electrons. The number of thiol groups is 1. The maximum absolute atomic E-state index is 10.6. The second-order valence-corrected chi connectivity index (χ2v) is 3.59. The summed E-state index contributed by atoms with van der Waals surface area (Å²) >= 11 is 3.67. The SMILES string of the molecule is CCCCCCCC(N)C(=O)S. The molecule has 2 N–H and O–H groups in total. The van der Waals surface area contributed by atoms with E-state index in [0.29, 0.717) is 0 Å². The minimum Gasteiger partial charge on any atom is -0.321 e. The zero-order chi connectivity index (χ0) is 9.40. The van der Waals surface area contributed by atoms with Crippen LogP contribution in [0.1, 0.15) is 45.4 Å². The van der Waals surface area contributed by atoms with E-state index >= 15 is 0 Å². The zero-order valence-electron chi connectivity index (χ0n) is 7.75. The number of hydrogen-bond acceptors (Lipinski definition) is 2. The maximum Gasteiger partial charge on any atom is 0.202 e. The lowest BCUT2D eigenvalue weighted by Gasteiger charge is -2.05. The van der Waals surface area contributed by atoms with E-state index in [0.717, 1.165) is 12.8 Å². The van der Waals surface area contributed by atoms with Crippen molar-refractivity contribution >= 4 is 17.7 Å². The summed E-state index contributed by atoms with van der Waals surface area (Å²) in [7, 11) is 0. The third kappa shape index (κ3) is 6.68. The molecule has 0 aromatic rings. The number of unbranched alkanes of at least 4 members (excludes halogenated alkanes) is 4. The van der Waals surface area contributed by atoms with Crippen LogP contribution in [0, 0.1) is 0 Å². The van der Waals surface area contributed by atoms with Crippen molar-refractivity contribution in [1.29, 1.82) is 0 Å². The molecule has 0 amide bonds. The summed E-state index contributed by atoms with van der Waals surface area (Å²) in [5.41, 5.74) is 5.51. The van der Waals surface area contributed by atoms with Gasteiger partial charge in [-0.1, -0.05) is 39.0 Å². The molecule has 0 saturated heterocycles. The minimum absolute atomic E-state index is 0.189. The van der Waals surface area contributed by atoms with Crippen molar-refractivity contribution in [2.45, 2.75) is 51.5 Å². The van der Waals surface area contributed by atoms with E-state index in [-0.39, 0.29) is 11.2 Å². The van der Waals surface area contributed by atoms with Gasteiger partial charge in [-0.15, -0.1) is 12.6 Å². The smallest absolute Gasteiger partial charge is 0.202 e. The number of nitrogens with two attached hydrogens (primary N) is 1. The number of carbonyl (C=O) groups is 1. The molecule has 0 spiro atoms. The first kappa shape index (κ1) is 12.0. The fourth-order valence-corrected chi connectivity index (χ4v) is 1.22. The summed E-state index contributed by atoms with van der Waals surface area (Å²) in [5.74, 6) is 0. The van der Waals surface area contributed by atoms with Crippen molar-refractivity contribution < 1.29 is 4.79 Å². The molecule has 12 heavy (non-hydrogen) atoms. The van der Waals surface area contributed by atoms with Gasteiger partial charge in [0.05, 0.1) is 6.04 Å². The lowest BCUT2D eigenvalue weighted by Crippen LogP contribution is -2.26. The van der Waals surface area contributed by atoms with E-state index in [1.54, 1.807) is 0 Å².